The fourth-order valence-electron chi connectivity index (χ4n) is 4.94. The number of carboxylic acid groups (broad SMARTS) is 1. The number of aliphatic carboxylic acids is 1. The number of nitrogens with one attached hydrogen (secondary N) is 1. The summed E-state index contributed by atoms with van der Waals surface area (Å²) >= 11 is 7.55. The molecular formula is C31H34ClN3O9S. The molecule has 12 nitrogen and oxygen atoms in total. The number of fused-ring (bicyclic) bond motifs is 1. The fraction of sp³-hybridized carbons (Fsp3) is 0.387. The van der Waals surface area contributed by atoms with Crippen molar-refractivity contribution in [1.82, 2.24) is 4.98 Å². The van der Waals surface area contributed by atoms with Crippen LogP contribution < -0.4 is 19.7 Å². The zero-order chi connectivity index (χ0) is 32.9. The van der Waals surface area contributed by atoms with Gasteiger partial charge < -0.3 is 34.3 Å². The number of benzene rings is 2. The summed E-state index contributed by atoms with van der Waals surface area (Å²) in [7, 11) is 2.99. The lowest BCUT2D eigenvalue weighted by atomic mass is 9.92. The van der Waals surface area contributed by atoms with Gasteiger partial charge in [0.2, 0.25) is 5.91 Å². The first-order chi connectivity index (χ1) is 21.3. The molecule has 240 valence electrons. The third-order valence-corrected chi connectivity index (χ3v) is 7.92. The van der Waals surface area contributed by atoms with Crippen LogP contribution in [0.2, 0.25) is 5.02 Å². The minimum atomic E-state index is -1.29. The number of amides is 2. The number of carbonyl (C=O) groups is 4. The highest BCUT2D eigenvalue weighted by atomic mass is 35.5. The first kappa shape index (κ1) is 33.7. The molecule has 0 saturated carbocycles. The SMILES string of the molecule is COc1cccc([C@H]2O[C@H](CC(=O)Nc3nc(CC(=O)O)cs3)C(=O)N(CC(C)(C)COC(C)=O)c3ccc(Cl)cc32)c1OC. The number of carbonyl (C=O) groups excluding carboxylic acids is 3. The van der Waals surface area contributed by atoms with E-state index in [1.165, 1.54) is 31.4 Å². The Balaban J connectivity index is 1.77. The molecule has 0 fully saturated rings. The van der Waals surface area contributed by atoms with E-state index < -0.39 is 47.8 Å². The summed E-state index contributed by atoms with van der Waals surface area (Å²) in [4.78, 5) is 55.9. The van der Waals surface area contributed by atoms with E-state index in [4.69, 9.17) is 35.7 Å². The lowest BCUT2D eigenvalue weighted by Gasteiger charge is -2.33. The van der Waals surface area contributed by atoms with Crippen molar-refractivity contribution in [3.63, 3.8) is 0 Å². The monoisotopic (exact) mass is 659 g/mol. The molecule has 0 spiro atoms. The minimum Gasteiger partial charge on any atom is -0.493 e. The van der Waals surface area contributed by atoms with Crippen molar-refractivity contribution in [3.8, 4) is 11.5 Å². The van der Waals surface area contributed by atoms with Crippen LogP contribution in [-0.4, -0.2) is 67.3 Å². The van der Waals surface area contributed by atoms with Gasteiger partial charge in [-0.15, -0.1) is 11.3 Å². The molecule has 2 heterocycles. The molecule has 1 aliphatic heterocycles. The van der Waals surface area contributed by atoms with E-state index in [9.17, 15) is 19.2 Å². The molecule has 1 aliphatic rings. The normalized spacial score (nSPS) is 16.4. The van der Waals surface area contributed by atoms with Crippen LogP contribution in [0.5, 0.6) is 11.5 Å². The van der Waals surface area contributed by atoms with Gasteiger partial charge in [-0.25, -0.2) is 4.98 Å². The van der Waals surface area contributed by atoms with Crippen LogP contribution in [0.3, 0.4) is 0 Å². The first-order valence-electron chi connectivity index (χ1n) is 13.9. The number of para-hydroxylation sites is 1. The van der Waals surface area contributed by atoms with Gasteiger partial charge in [-0.2, -0.15) is 0 Å². The summed E-state index contributed by atoms with van der Waals surface area (Å²) in [5.41, 5.74) is 1.18. The van der Waals surface area contributed by atoms with Crippen LogP contribution in [0.15, 0.2) is 41.8 Å². The summed E-state index contributed by atoms with van der Waals surface area (Å²) in [6.07, 6.45) is -2.90. The van der Waals surface area contributed by atoms with Crippen LogP contribution >= 0.6 is 22.9 Å². The molecule has 2 amide bonds. The smallest absolute Gasteiger partial charge is 0.309 e. The van der Waals surface area contributed by atoms with Crippen LogP contribution in [0, 0.1) is 5.41 Å². The van der Waals surface area contributed by atoms with Crippen molar-refractivity contribution >= 4 is 57.5 Å². The summed E-state index contributed by atoms with van der Waals surface area (Å²) in [6.45, 7) is 5.17. The second-order valence-electron chi connectivity index (χ2n) is 11.1. The molecule has 0 unspecified atom stereocenters. The maximum absolute atomic E-state index is 14.3. The summed E-state index contributed by atoms with van der Waals surface area (Å²) < 4.78 is 23.0. The number of carboxylic acids is 1. The van der Waals surface area contributed by atoms with E-state index in [1.54, 1.807) is 36.4 Å². The number of hydrogen-bond acceptors (Lipinski definition) is 10. The minimum absolute atomic E-state index is 0.0386. The second kappa shape index (κ2) is 14.3. The third-order valence-electron chi connectivity index (χ3n) is 6.87. The second-order valence-corrected chi connectivity index (χ2v) is 12.4. The summed E-state index contributed by atoms with van der Waals surface area (Å²) in [5, 5.41) is 13.8. The van der Waals surface area contributed by atoms with E-state index in [-0.39, 0.29) is 24.7 Å². The maximum Gasteiger partial charge on any atom is 0.309 e. The van der Waals surface area contributed by atoms with E-state index >= 15 is 0 Å². The van der Waals surface area contributed by atoms with Gasteiger partial charge in [0.25, 0.3) is 5.91 Å². The Morgan fingerprint density at radius 1 is 1.16 bits per heavy atom. The van der Waals surface area contributed by atoms with Gasteiger partial charge >= 0.3 is 11.9 Å². The highest BCUT2D eigenvalue weighted by Crippen LogP contribution is 2.45. The highest BCUT2D eigenvalue weighted by molar-refractivity contribution is 7.13. The summed E-state index contributed by atoms with van der Waals surface area (Å²) in [5.74, 6) is -1.75. The van der Waals surface area contributed by atoms with Crippen LogP contribution in [-0.2, 0) is 35.1 Å². The number of esters is 1. The van der Waals surface area contributed by atoms with Crippen LogP contribution in [0.25, 0.3) is 0 Å². The van der Waals surface area contributed by atoms with Gasteiger partial charge in [-0.1, -0.05) is 37.6 Å². The standard InChI is InChI=1S/C31H34ClN3O9S/c1-17(36)43-16-31(2,3)15-35-22-10-9-18(32)11-21(22)27(20-7-6-8-23(41-4)28(20)42-5)44-24(29(35)40)13-25(37)34-30-33-19(14-45-30)12-26(38)39/h6-11,14,24,27H,12-13,15-16H2,1-5H3,(H,38,39)(H,33,34,37)/t24-,27-/m1/s1. The van der Waals surface area contributed by atoms with Crippen LogP contribution in [0.1, 0.15) is 50.1 Å². The van der Waals surface area contributed by atoms with E-state index in [0.29, 0.717) is 39.0 Å². The number of ether oxygens (including phenoxy) is 4. The van der Waals surface area contributed by atoms with Crippen molar-refractivity contribution in [1.29, 1.82) is 0 Å². The maximum atomic E-state index is 14.3. The number of methoxy groups -OCH3 is 2. The predicted octanol–water partition coefficient (Wildman–Crippen LogP) is 4.88. The molecule has 3 aromatic rings. The van der Waals surface area contributed by atoms with Crippen molar-refractivity contribution in [2.24, 2.45) is 5.41 Å². The molecule has 45 heavy (non-hydrogen) atoms. The van der Waals surface area contributed by atoms with Gasteiger partial charge in [-0.3, -0.25) is 19.2 Å². The Morgan fingerprint density at radius 2 is 1.91 bits per heavy atom. The van der Waals surface area contributed by atoms with Gasteiger partial charge in [-0.05, 0) is 24.3 Å². The Labute approximate surface area is 269 Å². The molecule has 2 aromatic carbocycles. The number of thiazole rings is 1. The van der Waals surface area contributed by atoms with Gasteiger partial charge in [0.05, 0.1) is 39.4 Å². The van der Waals surface area contributed by atoms with Crippen molar-refractivity contribution in [2.45, 2.75) is 45.8 Å². The zero-order valence-electron chi connectivity index (χ0n) is 25.4. The lowest BCUT2D eigenvalue weighted by molar-refractivity contribution is -0.144. The predicted molar refractivity (Wildman–Crippen MR) is 167 cm³/mol. The van der Waals surface area contributed by atoms with Crippen molar-refractivity contribution < 1.29 is 43.2 Å². The van der Waals surface area contributed by atoms with Crippen molar-refractivity contribution in [2.75, 3.05) is 37.6 Å². The molecule has 0 saturated heterocycles. The largest absolute Gasteiger partial charge is 0.493 e. The molecule has 2 N–H and O–H groups in total. The number of rotatable bonds is 12. The highest BCUT2D eigenvalue weighted by Gasteiger charge is 2.41. The third kappa shape index (κ3) is 8.29. The zero-order valence-corrected chi connectivity index (χ0v) is 27.0. The summed E-state index contributed by atoms with van der Waals surface area (Å²) in [6, 6.07) is 10.3. The molecule has 4 rings (SSSR count). The number of nitrogens with zero attached hydrogens (tertiary/aromatic N) is 2. The van der Waals surface area contributed by atoms with E-state index in [1.807, 2.05) is 13.8 Å². The molecule has 1 aromatic heterocycles. The number of hydrogen-bond donors (Lipinski definition) is 2. The van der Waals surface area contributed by atoms with Crippen molar-refractivity contribution in [3.05, 3.63) is 63.6 Å². The Bertz CT molecular complexity index is 1590. The molecular weight excluding hydrogens is 626 g/mol. The fourth-order valence-corrected chi connectivity index (χ4v) is 5.84. The van der Waals surface area contributed by atoms with Gasteiger partial charge in [0, 0.05) is 46.1 Å². The van der Waals surface area contributed by atoms with E-state index in [0.717, 1.165) is 11.3 Å². The van der Waals surface area contributed by atoms with Gasteiger partial charge in [0.1, 0.15) is 12.2 Å². The topological polar surface area (TPSA) is 154 Å². The molecule has 14 heteroatoms. The molecule has 0 bridgehead atoms. The average molecular weight is 660 g/mol. The molecule has 0 radical (unpaired) electrons. The van der Waals surface area contributed by atoms with Gasteiger partial charge in [0.15, 0.2) is 16.6 Å². The Hall–Kier alpha value is -4.20. The number of halogens is 1. The van der Waals surface area contributed by atoms with Crippen LogP contribution in [0.4, 0.5) is 10.8 Å². The number of aromatic nitrogens is 1. The van der Waals surface area contributed by atoms with E-state index in [2.05, 4.69) is 10.3 Å². The Morgan fingerprint density at radius 3 is 2.58 bits per heavy atom. The quantitative estimate of drug-likeness (QED) is 0.257. The Kier molecular flexibility index (Phi) is 10.7. The lowest BCUT2D eigenvalue weighted by Crippen LogP contribution is -2.46. The first-order valence-corrected chi connectivity index (χ1v) is 15.1. The molecule has 0 aliphatic carbocycles. The number of anilines is 2. The molecule has 2 atom stereocenters. The average Bonchev–Trinajstić information content (AvgIpc) is 3.37.